The van der Waals surface area contributed by atoms with Crippen molar-refractivity contribution >= 4 is 0 Å². The lowest BCUT2D eigenvalue weighted by atomic mass is 9.89. The number of hydrogen-bond acceptors (Lipinski definition) is 2. The molecule has 0 aromatic heterocycles. The zero-order chi connectivity index (χ0) is 8.32. The van der Waals surface area contributed by atoms with E-state index in [0.29, 0.717) is 12.5 Å². The maximum absolute atomic E-state index is 9.87. The first-order valence-corrected chi connectivity index (χ1v) is 4.46. The Hall–Kier alpha value is -0.0800. The Balaban J connectivity index is 2.33. The Morgan fingerprint density at radius 1 is 1.64 bits per heavy atom. The highest BCUT2D eigenvalue weighted by molar-refractivity contribution is 4.83. The second-order valence-corrected chi connectivity index (χ2v) is 3.74. The summed E-state index contributed by atoms with van der Waals surface area (Å²) in [5.41, 5.74) is -0.505. The van der Waals surface area contributed by atoms with Gasteiger partial charge in [0.2, 0.25) is 0 Å². The zero-order valence-electron chi connectivity index (χ0n) is 7.47. The van der Waals surface area contributed by atoms with Gasteiger partial charge in [-0.2, -0.15) is 0 Å². The fourth-order valence-electron chi connectivity index (χ4n) is 1.55. The van der Waals surface area contributed by atoms with Crippen molar-refractivity contribution in [2.24, 2.45) is 5.92 Å². The normalized spacial score (nSPS) is 34.1. The van der Waals surface area contributed by atoms with E-state index in [1.54, 1.807) is 0 Å². The van der Waals surface area contributed by atoms with Crippen LogP contribution < -0.4 is 0 Å². The lowest BCUT2D eigenvalue weighted by molar-refractivity contribution is 0.00701. The Bertz CT molecular complexity index is 117. The van der Waals surface area contributed by atoms with Crippen LogP contribution in [0.3, 0.4) is 0 Å². The summed E-state index contributed by atoms with van der Waals surface area (Å²) in [4.78, 5) is 0. The van der Waals surface area contributed by atoms with Gasteiger partial charge in [0.05, 0.1) is 12.2 Å². The average Bonchev–Trinajstić information content (AvgIpc) is 2.36. The molecular weight excluding hydrogens is 140 g/mol. The summed E-state index contributed by atoms with van der Waals surface area (Å²) in [7, 11) is 0. The summed E-state index contributed by atoms with van der Waals surface area (Å²) in [6.07, 6.45) is 2.85. The fraction of sp³-hybridized carbons (Fsp3) is 1.00. The molecule has 1 aliphatic rings. The molecule has 0 bridgehead atoms. The molecule has 2 heteroatoms. The predicted molar refractivity (Wildman–Crippen MR) is 44.5 cm³/mol. The Morgan fingerprint density at radius 3 is 2.82 bits per heavy atom. The van der Waals surface area contributed by atoms with Crippen LogP contribution >= 0.6 is 0 Å². The highest BCUT2D eigenvalue weighted by atomic mass is 16.5. The van der Waals surface area contributed by atoms with Gasteiger partial charge in [-0.15, -0.1) is 0 Å². The first-order chi connectivity index (χ1) is 5.16. The van der Waals surface area contributed by atoms with Crippen molar-refractivity contribution < 1.29 is 9.84 Å². The quantitative estimate of drug-likeness (QED) is 0.675. The molecule has 0 aliphatic carbocycles. The van der Waals surface area contributed by atoms with Crippen molar-refractivity contribution in [3.63, 3.8) is 0 Å². The minimum Gasteiger partial charge on any atom is -0.387 e. The van der Waals surface area contributed by atoms with Crippen molar-refractivity contribution in [3.05, 3.63) is 0 Å². The molecule has 0 saturated carbocycles. The Labute approximate surface area is 68.6 Å². The van der Waals surface area contributed by atoms with Gasteiger partial charge in [-0.1, -0.05) is 20.3 Å². The van der Waals surface area contributed by atoms with E-state index in [9.17, 15) is 5.11 Å². The molecule has 0 aromatic rings. The summed E-state index contributed by atoms with van der Waals surface area (Å²) in [5.74, 6) is 0.613. The van der Waals surface area contributed by atoms with Gasteiger partial charge in [-0.3, -0.25) is 0 Å². The van der Waals surface area contributed by atoms with E-state index in [4.69, 9.17) is 4.74 Å². The number of aliphatic hydroxyl groups is 1. The van der Waals surface area contributed by atoms with Crippen LogP contribution in [0, 0.1) is 5.92 Å². The minimum atomic E-state index is -0.505. The molecule has 1 saturated heterocycles. The van der Waals surface area contributed by atoms with E-state index >= 15 is 0 Å². The smallest absolute Gasteiger partial charge is 0.0904 e. The third-order valence-corrected chi connectivity index (χ3v) is 2.51. The van der Waals surface area contributed by atoms with Crippen LogP contribution in [0.4, 0.5) is 0 Å². The molecule has 1 heterocycles. The molecule has 11 heavy (non-hydrogen) atoms. The van der Waals surface area contributed by atoms with Crippen molar-refractivity contribution in [1.82, 2.24) is 0 Å². The molecule has 0 amide bonds. The van der Waals surface area contributed by atoms with Crippen LogP contribution in [0.25, 0.3) is 0 Å². The third-order valence-electron chi connectivity index (χ3n) is 2.51. The van der Waals surface area contributed by atoms with Crippen LogP contribution in [0.5, 0.6) is 0 Å². The van der Waals surface area contributed by atoms with Crippen LogP contribution in [-0.2, 0) is 4.74 Å². The highest BCUT2D eigenvalue weighted by Gasteiger charge is 2.32. The van der Waals surface area contributed by atoms with Gasteiger partial charge in [0.25, 0.3) is 0 Å². The van der Waals surface area contributed by atoms with E-state index < -0.39 is 5.60 Å². The molecule has 2 atom stereocenters. The first kappa shape index (κ1) is 9.01. The number of hydrogen-bond donors (Lipinski definition) is 1. The molecule has 1 N–H and O–H groups in total. The van der Waals surface area contributed by atoms with Crippen LogP contribution in [-0.4, -0.2) is 23.9 Å². The molecule has 0 spiro atoms. The molecule has 0 aromatic carbocycles. The minimum absolute atomic E-state index is 0.505. The summed E-state index contributed by atoms with van der Waals surface area (Å²) >= 11 is 0. The number of ether oxygens (including phenoxy) is 1. The van der Waals surface area contributed by atoms with Crippen LogP contribution in [0.2, 0.25) is 0 Å². The van der Waals surface area contributed by atoms with E-state index in [1.165, 1.54) is 0 Å². The Morgan fingerprint density at radius 2 is 2.36 bits per heavy atom. The monoisotopic (exact) mass is 158 g/mol. The van der Waals surface area contributed by atoms with Gasteiger partial charge in [0.1, 0.15) is 0 Å². The molecule has 1 unspecified atom stereocenters. The molecule has 0 radical (unpaired) electrons. The molecular formula is C9H18O2. The maximum Gasteiger partial charge on any atom is 0.0904 e. The predicted octanol–water partition coefficient (Wildman–Crippen LogP) is 1.57. The van der Waals surface area contributed by atoms with Crippen molar-refractivity contribution in [1.29, 1.82) is 0 Å². The molecule has 1 rings (SSSR count). The van der Waals surface area contributed by atoms with Crippen molar-refractivity contribution in [2.45, 2.75) is 38.7 Å². The Kier molecular flexibility index (Phi) is 2.90. The van der Waals surface area contributed by atoms with Gasteiger partial charge in [-0.25, -0.2) is 0 Å². The van der Waals surface area contributed by atoms with Gasteiger partial charge in [-0.05, 0) is 12.3 Å². The molecule has 1 fully saturated rings. The second-order valence-electron chi connectivity index (χ2n) is 3.74. The van der Waals surface area contributed by atoms with E-state index in [1.807, 2.05) is 0 Å². The fourth-order valence-corrected chi connectivity index (χ4v) is 1.55. The van der Waals surface area contributed by atoms with Gasteiger partial charge in [0, 0.05) is 13.0 Å². The lowest BCUT2D eigenvalue weighted by Crippen LogP contribution is -2.30. The molecule has 66 valence electrons. The first-order valence-electron chi connectivity index (χ1n) is 4.46. The van der Waals surface area contributed by atoms with E-state index in [-0.39, 0.29) is 0 Å². The van der Waals surface area contributed by atoms with Crippen molar-refractivity contribution in [2.75, 3.05) is 13.2 Å². The largest absolute Gasteiger partial charge is 0.387 e. The topological polar surface area (TPSA) is 29.5 Å². The van der Waals surface area contributed by atoms with Crippen LogP contribution in [0.1, 0.15) is 33.1 Å². The summed E-state index contributed by atoms with van der Waals surface area (Å²) in [5, 5.41) is 9.87. The average molecular weight is 158 g/mol. The van der Waals surface area contributed by atoms with Crippen LogP contribution in [0.15, 0.2) is 0 Å². The highest BCUT2D eigenvalue weighted by Crippen LogP contribution is 2.27. The van der Waals surface area contributed by atoms with Gasteiger partial charge < -0.3 is 9.84 Å². The van der Waals surface area contributed by atoms with Gasteiger partial charge >= 0.3 is 0 Å². The van der Waals surface area contributed by atoms with E-state index in [2.05, 4.69) is 13.8 Å². The summed E-state index contributed by atoms with van der Waals surface area (Å²) in [6.45, 7) is 5.60. The van der Waals surface area contributed by atoms with Gasteiger partial charge in [0.15, 0.2) is 0 Å². The summed E-state index contributed by atoms with van der Waals surface area (Å²) < 4.78 is 5.16. The standard InChI is InChI=1S/C9H18O2/c1-3-8(2)6-9(10)4-5-11-7-9/h8,10H,3-7H2,1-2H3/t8?,9-/m1/s1. The lowest BCUT2D eigenvalue weighted by Gasteiger charge is -2.23. The van der Waals surface area contributed by atoms with Crippen molar-refractivity contribution in [3.8, 4) is 0 Å². The molecule has 2 nitrogen and oxygen atoms in total. The number of rotatable bonds is 3. The maximum atomic E-state index is 9.87. The second kappa shape index (κ2) is 3.55. The van der Waals surface area contributed by atoms with E-state index in [0.717, 1.165) is 25.9 Å². The zero-order valence-corrected chi connectivity index (χ0v) is 7.47. The third kappa shape index (κ3) is 2.46. The molecule has 1 aliphatic heterocycles. The summed E-state index contributed by atoms with van der Waals surface area (Å²) in [6, 6.07) is 0. The SMILES string of the molecule is CCC(C)C[C@]1(O)CCOC1.